The fourth-order valence-corrected chi connectivity index (χ4v) is 4.02. The number of hydrogen-bond acceptors (Lipinski definition) is 4. The molecule has 0 aliphatic carbocycles. The van der Waals surface area contributed by atoms with Gasteiger partial charge in [0, 0.05) is 24.9 Å². The molecule has 8 heteroatoms. The lowest BCUT2D eigenvalue weighted by Gasteiger charge is -2.26. The lowest BCUT2D eigenvalue weighted by molar-refractivity contribution is -0.111. The number of sulfonamides is 1. The van der Waals surface area contributed by atoms with Gasteiger partial charge in [0.25, 0.3) is 0 Å². The Balaban J connectivity index is 1.64. The Morgan fingerprint density at radius 2 is 1.81 bits per heavy atom. The van der Waals surface area contributed by atoms with Gasteiger partial charge in [0.2, 0.25) is 15.9 Å². The normalized spacial score (nSPS) is 15.7. The Hall–Kier alpha value is -2.55. The van der Waals surface area contributed by atoms with Gasteiger partial charge < -0.3 is 10.1 Å². The van der Waals surface area contributed by atoms with Crippen LogP contribution < -0.4 is 5.32 Å². The maximum atomic E-state index is 13.1. The first-order valence-electron chi connectivity index (χ1n) is 8.38. The molecule has 0 spiro atoms. The second-order valence-electron chi connectivity index (χ2n) is 5.92. The lowest BCUT2D eigenvalue weighted by atomic mass is 10.2. The smallest absolute Gasteiger partial charge is 0.248 e. The Bertz CT molecular complexity index is 936. The van der Waals surface area contributed by atoms with Crippen molar-refractivity contribution in [1.82, 2.24) is 4.31 Å². The molecule has 1 aliphatic rings. The molecule has 1 amide bonds. The van der Waals surface area contributed by atoms with Gasteiger partial charge in [0.15, 0.2) is 0 Å². The highest BCUT2D eigenvalue weighted by atomic mass is 32.2. The molecule has 0 atom stereocenters. The summed E-state index contributed by atoms with van der Waals surface area (Å²) in [6, 6.07) is 11.8. The van der Waals surface area contributed by atoms with Crippen molar-refractivity contribution < 1.29 is 22.3 Å². The molecule has 1 N–H and O–H groups in total. The number of ether oxygens (including phenoxy) is 1. The van der Waals surface area contributed by atoms with Crippen LogP contribution in [-0.4, -0.2) is 44.9 Å². The highest BCUT2D eigenvalue weighted by molar-refractivity contribution is 7.89. The third kappa shape index (κ3) is 5.00. The molecule has 1 fully saturated rings. The molecule has 1 heterocycles. The van der Waals surface area contributed by atoms with Crippen LogP contribution in [0.25, 0.3) is 6.08 Å². The average molecular weight is 390 g/mol. The van der Waals surface area contributed by atoms with Gasteiger partial charge >= 0.3 is 0 Å². The van der Waals surface area contributed by atoms with Crippen molar-refractivity contribution in [3.05, 3.63) is 66.0 Å². The van der Waals surface area contributed by atoms with E-state index in [-0.39, 0.29) is 10.7 Å². The monoisotopic (exact) mass is 390 g/mol. The Labute approximate surface area is 157 Å². The standard InChI is InChI=1S/C19H19FN2O4S/c20-16-3-1-2-15(14-16)4-9-19(23)21-17-5-7-18(8-6-17)27(24,25)22-10-12-26-13-11-22/h1-9,14H,10-13H2,(H,21,23)/b9-4+. The number of benzene rings is 2. The second kappa shape index (κ2) is 8.43. The van der Waals surface area contributed by atoms with Crippen LogP contribution in [0, 0.1) is 5.82 Å². The number of nitrogens with zero attached hydrogens (tertiary/aromatic N) is 1. The highest BCUT2D eigenvalue weighted by Crippen LogP contribution is 2.19. The first kappa shape index (κ1) is 19.2. The molecule has 2 aromatic carbocycles. The van der Waals surface area contributed by atoms with Crippen molar-refractivity contribution >= 4 is 27.7 Å². The van der Waals surface area contributed by atoms with Crippen molar-refractivity contribution in [2.75, 3.05) is 31.6 Å². The number of hydrogen-bond donors (Lipinski definition) is 1. The maximum Gasteiger partial charge on any atom is 0.248 e. The molecule has 27 heavy (non-hydrogen) atoms. The zero-order valence-corrected chi connectivity index (χ0v) is 15.3. The number of amides is 1. The molecule has 0 bridgehead atoms. The van der Waals surface area contributed by atoms with Crippen LogP contribution in [0.15, 0.2) is 59.5 Å². The van der Waals surface area contributed by atoms with Crippen LogP contribution in [0.1, 0.15) is 5.56 Å². The van der Waals surface area contributed by atoms with Gasteiger partial charge in [-0.1, -0.05) is 12.1 Å². The molecular formula is C19H19FN2O4S. The molecule has 1 saturated heterocycles. The molecule has 3 rings (SSSR count). The summed E-state index contributed by atoms with van der Waals surface area (Å²) in [5.74, 6) is -0.780. The maximum absolute atomic E-state index is 13.1. The van der Waals surface area contributed by atoms with E-state index >= 15 is 0 Å². The van der Waals surface area contributed by atoms with Crippen molar-refractivity contribution in [2.24, 2.45) is 0 Å². The topological polar surface area (TPSA) is 75.7 Å². The Morgan fingerprint density at radius 1 is 1.11 bits per heavy atom. The molecule has 0 radical (unpaired) electrons. The van der Waals surface area contributed by atoms with Crippen LogP contribution in [0.3, 0.4) is 0 Å². The molecule has 1 aliphatic heterocycles. The van der Waals surface area contributed by atoms with E-state index in [0.29, 0.717) is 37.6 Å². The summed E-state index contributed by atoms with van der Waals surface area (Å²) in [5.41, 5.74) is 1.03. The summed E-state index contributed by atoms with van der Waals surface area (Å²) in [5, 5.41) is 2.64. The van der Waals surface area contributed by atoms with Crippen LogP contribution >= 0.6 is 0 Å². The fourth-order valence-electron chi connectivity index (χ4n) is 2.61. The quantitative estimate of drug-likeness (QED) is 0.796. The molecule has 0 aromatic heterocycles. The van der Waals surface area contributed by atoms with Gasteiger partial charge in [-0.05, 0) is 48.0 Å². The van der Waals surface area contributed by atoms with Crippen LogP contribution in [0.5, 0.6) is 0 Å². The van der Waals surface area contributed by atoms with Gasteiger partial charge in [0.1, 0.15) is 5.82 Å². The predicted molar refractivity (Wildman–Crippen MR) is 100 cm³/mol. The third-order valence-corrected chi connectivity index (χ3v) is 5.92. The Kier molecular flexibility index (Phi) is 6.00. The fraction of sp³-hybridized carbons (Fsp3) is 0.211. The minimum atomic E-state index is -3.57. The van der Waals surface area contributed by atoms with Crippen molar-refractivity contribution in [2.45, 2.75) is 4.90 Å². The van der Waals surface area contributed by atoms with E-state index in [4.69, 9.17) is 4.74 Å². The van der Waals surface area contributed by atoms with E-state index in [0.717, 1.165) is 0 Å². The second-order valence-corrected chi connectivity index (χ2v) is 7.86. The van der Waals surface area contributed by atoms with E-state index in [2.05, 4.69) is 5.32 Å². The van der Waals surface area contributed by atoms with E-state index in [9.17, 15) is 17.6 Å². The van der Waals surface area contributed by atoms with Crippen LogP contribution in [0.2, 0.25) is 0 Å². The Morgan fingerprint density at radius 3 is 2.48 bits per heavy atom. The van der Waals surface area contributed by atoms with Crippen LogP contribution in [-0.2, 0) is 19.6 Å². The molecule has 142 valence electrons. The summed E-state index contributed by atoms with van der Waals surface area (Å²) >= 11 is 0. The van der Waals surface area contributed by atoms with Crippen LogP contribution in [0.4, 0.5) is 10.1 Å². The first-order chi connectivity index (χ1) is 12.9. The van der Waals surface area contributed by atoms with Gasteiger partial charge in [-0.3, -0.25) is 4.79 Å². The van der Waals surface area contributed by atoms with E-state index in [1.807, 2.05) is 0 Å². The summed E-state index contributed by atoms with van der Waals surface area (Å²) in [6.07, 6.45) is 2.78. The van der Waals surface area contributed by atoms with Gasteiger partial charge in [-0.25, -0.2) is 12.8 Å². The third-order valence-electron chi connectivity index (χ3n) is 4.01. The van der Waals surface area contributed by atoms with E-state index in [1.165, 1.54) is 52.9 Å². The summed E-state index contributed by atoms with van der Waals surface area (Å²) in [6.45, 7) is 1.41. The van der Waals surface area contributed by atoms with E-state index in [1.54, 1.807) is 12.1 Å². The van der Waals surface area contributed by atoms with Crippen molar-refractivity contribution in [3.8, 4) is 0 Å². The number of anilines is 1. The summed E-state index contributed by atoms with van der Waals surface area (Å²) in [7, 11) is -3.57. The molecular weight excluding hydrogens is 371 g/mol. The zero-order chi connectivity index (χ0) is 19.3. The van der Waals surface area contributed by atoms with Gasteiger partial charge in [-0.15, -0.1) is 0 Å². The van der Waals surface area contributed by atoms with Crippen molar-refractivity contribution in [3.63, 3.8) is 0 Å². The molecule has 0 unspecified atom stereocenters. The predicted octanol–water partition coefficient (Wildman–Crippen LogP) is 2.50. The first-order valence-corrected chi connectivity index (χ1v) is 9.82. The minimum Gasteiger partial charge on any atom is -0.379 e. The highest BCUT2D eigenvalue weighted by Gasteiger charge is 2.26. The number of halogens is 1. The summed E-state index contributed by atoms with van der Waals surface area (Å²) in [4.78, 5) is 12.1. The molecule has 6 nitrogen and oxygen atoms in total. The summed E-state index contributed by atoms with van der Waals surface area (Å²) < 4.78 is 44.8. The lowest BCUT2D eigenvalue weighted by Crippen LogP contribution is -2.40. The number of morpholine rings is 1. The van der Waals surface area contributed by atoms with E-state index < -0.39 is 15.9 Å². The number of carbonyl (C=O) groups is 1. The van der Waals surface area contributed by atoms with Crippen molar-refractivity contribution in [1.29, 1.82) is 0 Å². The average Bonchev–Trinajstić information content (AvgIpc) is 2.68. The number of carbonyl (C=O) groups excluding carboxylic acids is 1. The molecule has 0 saturated carbocycles. The van der Waals surface area contributed by atoms with Gasteiger partial charge in [0.05, 0.1) is 18.1 Å². The van der Waals surface area contributed by atoms with Gasteiger partial charge in [-0.2, -0.15) is 4.31 Å². The number of rotatable bonds is 5. The minimum absolute atomic E-state index is 0.165. The zero-order valence-electron chi connectivity index (χ0n) is 14.5. The SMILES string of the molecule is O=C(/C=C/c1cccc(F)c1)Nc1ccc(S(=O)(=O)N2CCOCC2)cc1. The molecule has 2 aromatic rings. The number of nitrogens with one attached hydrogen (secondary N) is 1. The largest absolute Gasteiger partial charge is 0.379 e.